The lowest BCUT2D eigenvalue weighted by Gasteiger charge is -2.28. The molecule has 0 aromatic heterocycles. The first-order valence-electron chi connectivity index (χ1n) is 8.18. The zero-order chi connectivity index (χ0) is 15.6. The summed E-state index contributed by atoms with van der Waals surface area (Å²) in [6, 6.07) is 8.56. The van der Waals surface area contributed by atoms with Crippen LogP contribution < -0.4 is 0 Å². The summed E-state index contributed by atoms with van der Waals surface area (Å²) in [5.41, 5.74) is 1.16. The summed E-state index contributed by atoms with van der Waals surface area (Å²) in [5, 5.41) is 0. The first-order chi connectivity index (χ1) is 10.6. The number of benzene rings is 1. The molecule has 2 fully saturated rings. The van der Waals surface area contributed by atoms with Gasteiger partial charge in [0.05, 0.1) is 18.6 Å². The van der Waals surface area contributed by atoms with E-state index in [0.717, 1.165) is 19.3 Å². The van der Waals surface area contributed by atoms with Crippen molar-refractivity contribution in [2.24, 2.45) is 5.92 Å². The van der Waals surface area contributed by atoms with Crippen molar-refractivity contribution in [2.45, 2.75) is 61.9 Å². The normalized spacial score (nSPS) is 30.3. The Labute approximate surface area is 136 Å². The quantitative estimate of drug-likeness (QED) is 0.757. The van der Waals surface area contributed by atoms with Gasteiger partial charge in [-0.25, -0.2) is 0 Å². The lowest BCUT2D eigenvalue weighted by atomic mass is 9.88. The minimum atomic E-state index is -0.269. The van der Waals surface area contributed by atoms with E-state index in [0.29, 0.717) is 18.9 Å². The van der Waals surface area contributed by atoms with Gasteiger partial charge in [-0.05, 0) is 51.2 Å². The van der Waals surface area contributed by atoms with Crippen LogP contribution in [-0.4, -0.2) is 23.6 Å². The van der Waals surface area contributed by atoms with E-state index in [4.69, 9.17) is 9.47 Å². The SMILES string of the molecule is CCOC(=O)C[C@@]12CCC[C@@H]1C[C@H](Sc1ccc(C)cc1)O2. The van der Waals surface area contributed by atoms with Crippen molar-refractivity contribution in [3.8, 4) is 0 Å². The van der Waals surface area contributed by atoms with Gasteiger partial charge < -0.3 is 9.47 Å². The average molecular weight is 320 g/mol. The van der Waals surface area contributed by atoms with Crippen molar-refractivity contribution in [1.82, 2.24) is 0 Å². The standard InChI is InChI=1S/C18H24O3S/c1-3-20-16(19)12-18-10-4-5-14(18)11-17(21-18)22-15-8-6-13(2)7-9-15/h6-9,14,17H,3-5,10-12H2,1-2H3/t14-,17+,18+/m1/s1. The molecule has 120 valence electrons. The highest BCUT2D eigenvalue weighted by atomic mass is 32.2. The van der Waals surface area contributed by atoms with Crippen LogP contribution in [0.3, 0.4) is 0 Å². The monoisotopic (exact) mass is 320 g/mol. The molecule has 3 atom stereocenters. The fourth-order valence-corrected chi connectivity index (χ4v) is 4.88. The predicted octanol–water partition coefficient (Wildman–Crippen LogP) is 4.33. The second-order valence-corrected chi connectivity index (χ2v) is 7.58. The number of rotatable bonds is 5. The van der Waals surface area contributed by atoms with Crippen molar-refractivity contribution >= 4 is 17.7 Å². The molecule has 22 heavy (non-hydrogen) atoms. The number of hydrogen-bond acceptors (Lipinski definition) is 4. The van der Waals surface area contributed by atoms with Crippen LogP contribution in [0.2, 0.25) is 0 Å². The Hall–Kier alpha value is -1.00. The van der Waals surface area contributed by atoms with Crippen molar-refractivity contribution in [3.05, 3.63) is 29.8 Å². The van der Waals surface area contributed by atoms with E-state index in [-0.39, 0.29) is 17.0 Å². The van der Waals surface area contributed by atoms with Gasteiger partial charge in [0.25, 0.3) is 0 Å². The van der Waals surface area contributed by atoms with Crippen LogP contribution in [0.5, 0.6) is 0 Å². The van der Waals surface area contributed by atoms with E-state index >= 15 is 0 Å². The second kappa shape index (κ2) is 6.63. The van der Waals surface area contributed by atoms with Crippen LogP contribution in [0.4, 0.5) is 0 Å². The number of hydrogen-bond donors (Lipinski definition) is 0. The van der Waals surface area contributed by atoms with Gasteiger partial charge in [-0.1, -0.05) is 35.9 Å². The molecule has 0 bridgehead atoms. The highest BCUT2D eigenvalue weighted by molar-refractivity contribution is 7.99. The lowest BCUT2D eigenvalue weighted by Crippen LogP contribution is -2.34. The molecule has 1 aromatic rings. The third-order valence-corrected chi connectivity index (χ3v) is 5.87. The molecule has 1 aliphatic heterocycles. The zero-order valence-corrected chi connectivity index (χ0v) is 14.2. The maximum Gasteiger partial charge on any atom is 0.308 e. The molecule has 2 aliphatic rings. The number of ether oxygens (including phenoxy) is 2. The Morgan fingerprint density at radius 3 is 2.91 bits per heavy atom. The van der Waals surface area contributed by atoms with Crippen LogP contribution in [0, 0.1) is 12.8 Å². The summed E-state index contributed by atoms with van der Waals surface area (Å²) in [4.78, 5) is 13.2. The van der Waals surface area contributed by atoms with Crippen molar-refractivity contribution in [1.29, 1.82) is 0 Å². The van der Waals surface area contributed by atoms with Gasteiger partial charge in [0, 0.05) is 4.90 Å². The largest absolute Gasteiger partial charge is 0.466 e. The molecule has 0 unspecified atom stereocenters. The van der Waals surface area contributed by atoms with E-state index in [1.54, 1.807) is 11.8 Å². The average Bonchev–Trinajstić information content (AvgIpc) is 2.97. The number of carbonyl (C=O) groups excluding carboxylic acids is 1. The van der Waals surface area contributed by atoms with Gasteiger partial charge in [-0.2, -0.15) is 0 Å². The Morgan fingerprint density at radius 1 is 1.41 bits per heavy atom. The second-order valence-electron chi connectivity index (χ2n) is 6.35. The zero-order valence-electron chi connectivity index (χ0n) is 13.3. The van der Waals surface area contributed by atoms with E-state index < -0.39 is 0 Å². The Bertz CT molecular complexity index is 528. The van der Waals surface area contributed by atoms with Crippen LogP contribution >= 0.6 is 11.8 Å². The van der Waals surface area contributed by atoms with Crippen molar-refractivity contribution in [2.75, 3.05) is 6.61 Å². The third-order valence-electron chi connectivity index (χ3n) is 4.78. The third kappa shape index (κ3) is 3.33. The summed E-state index contributed by atoms with van der Waals surface area (Å²) < 4.78 is 11.5. The van der Waals surface area contributed by atoms with E-state index in [9.17, 15) is 4.79 Å². The first-order valence-corrected chi connectivity index (χ1v) is 9.06. The number of thioether (sulfide) groups is 1. The van der Waals surface area contributed by atoms with E-state index in [1.165, 1.54) is 16.9 Å². The highest BCUT2D eigenvalue weighted by Gasteiger charge is 2.52. The van der Waals surface area contributed by atoms with Gasteiger partial charge in [-0.15, -0.1) is 0 Å². The van der Waals surface area contributed by atoms with Crippen LogP contribution in [0.15, 0.2) is 29.2 Å². The molecule has 0 spiro atoms. The molecule has 1 saturated heterocycles. The van der Waals surface area contributed by atoms with Gasteiger partial charge in [-0.3, -0.25) is 4.79 Å². The summed E-state index contributed by atoms with van der Waals surface area (Å²) in [5.74, 6) is 0.384. The first kappa shape index (κ1) is 15.9. The summed E-state index contributed by atoms with van der Waals surface area (Å²) in [7, 11) is 0. The molecular weight excluding hydrogens is 296 g/mol. The van der Waals surface area contributed by atoms with E-state index in [1.807, 2.05) is 6.92 Å². The van der Waals surface area contributed by atoms with Crippen LogP contribution in [0.1, 0.15) is 44.6 Å². The van der Waals surface area contributed by atoms with Crippen molar-refractivity contribution in [3.63, 3.8) is 0 Å². The van der Waals surface area contributed by atoms with Crippen molar-refractivity contribution < 1.29 is 14.3 Å². The fraction of sp³-hybridized carbons (Fsp3) is 0.611. The minimum absolute atomic E-state index is 0.115. The van der Waals surface area contributed by atoms with Gasteiger partial charge in [0.15, 0.2) is 0 Å². The predicted molar refractivity (Wildman–Crippen MR) is 87.8 cm³/mol. The lowest BCUT2D eigenvalue weighted by molar-refractivity contribution is -0.150. The smallest absolute Gasteiger partial charge is 0.308 e. The molecule has 4 heteroatoms. The van der Waals surface area contributed by atoms with Gasteiger partial charge in [0.2, 0.25) is 0 Å². The number of carbonyl (C=O) groups is 1. The minimum Gasteiger partial charge on any atom is -0.466 e. The molecule has 1 aromatic carbocycles. The maximum atomic E-state index is 11.9. The molecule has 3 rings (SSSR count). The van der Waals surface area contributed by atoms with Gasteiger partial charge >= 0.3 is 5.97 Å². The van der Waals surface area contributed by atoms with Crippen LogP contribution in [-0.2, 0) is 14.3 Å². The van der Waals surface area contributed by atoms with Gasteiger partial charge in [0.1, 0.15) is 5.44 Å². The topological polar surface area (TPSA) is 35.5 Å². The molecule has 3 nitrogen and oxygen atoms in total. The number of esters is 1. The Balaban J connectivity index is 1.65. The molecular formula is C18H24O3S. The highest BCUT2D eigenvalue weighted by Crippen LogP contribution is 2.53. The van der Waals surface area contributed by atoms with Crippen LogP contribution in [0.25, 0.3) is 0 Å². The maximum absolute atomic E-state index is 11.9. The molecule has 1 heterocycles. The Morgan fingerprint density at radius 2 is 2.18 bits per heavy atom. The number of fused-ring (bicyclic) bond motifs is 1. The summed E-state index contributed by atoms with van der Waals surface area (Å²) in [6.07, 6.45) is 4.77. The summed E-state index contributed by atoms with van der Waals surface area (Å²) in [6.45, 7) is 4.40. The Kier molecular flexibility index (Phi) is 4.79. The molecule has 0 amide bonds. The molecule has 0 N–H and O–H groups in total. The molecule has 1 aliphatic carbocycles. The molecule has 0 radical (unpaired) electrons. The summed E-state index contributed by atoms with van der Waals surface area (Å²) >= 11 is 1.78. The number of aryl methyl sites for hydroxylation is 1. The van der Waals surface area contributed by atoms with E-state index in [2.05, 4.69) is 31.2 Å². The fourth-order valence-electron chi connectivity index (χ4n) is 3.72. The molecule has 1 saturated carbocycles.